The maximum Gasteiger partial charge on any atom is 0.292 e. The molecule has 6 heteroatoms. The Hall–Kier alpha value is -1.85. The van der Waals surface area contributed by atoms with Gasteiger partial charge in [-0.2, -0.15) is 0 Å². The van der Waals surface area contributed by atoms with E-state index < -0.39 is 0 Å². The van der Waals surface area contributed by atoms with Crippen LogP contribution in [0.3, 0.4) is 0 Å². The third kappa shape index (κ3) is 3.26. The number of likely N-dealkylation sites (tertiary alicyclic amines) is 1. The van der Waals surface area contributed by atoms with Crippen molar-refractivity contribution in [3.05, 3.63) is 42.2 Å². The van der Waals surface area contributed by atoms with Gasteiger partial charge in [-0.25, -0.2) is 0 Å². The highest BCUT2D eigenvalue weighted by molar-refractivity contribution is 5.92. The van der Waals surface area contributed by atoms with Crippen molar-refractivity contribution in [3.63, 3.8) is 0 Å². The van der Waals surface area contributed by atoms with Gasteiger partial charge in [0.05, 0.1) is 0 Å². The Morgan fingerprint density at radius 1 is 1.17 bits per heavy atom. The summed E-state index contributed by atoms with van der Waals surface area (Å²) in [7, 11) is 0. The Bertz CT molecular complexity index is 673. The highest BCUT2D eigenvalue weighted by Gasteiger charge is 2.32. The predicted molar refractivity (Wildman–Crippen MR) is 89.7 cm³/mol. The monoisotopic (exact) mass is 333 g/mol. The van der Waals surface area contributed by atoms with E-state index in [1.54, 1.807) is 6.07 Å². The number of hydrogen-bond acceptors (Lipinski definition) is 4. The first kappa shape index (κ1) is 16.0. The summed E-state index contributed by atoms with van der Waals surface area (Å²) < 4.78 is 5.29. The van der Waals surface area contributed by atoms with Crippen molar-refractivity contribution in [3.8, 4) is 11.3 Å². The number of halogens is 1. The normalized spacial score (nSPS) is 23.2. The van der Waals surface area contributed by atoms with Crippen molar-refractivity contribution >= 4 is 18.3 Å². The Kier molecular flexibility index (Phi) is 4.68. The van der Waals surface area contributed by atoms with E-state index in [1.165, 1.54) is 6.42 Å². The van der Waals surface area contributed by atoms with Gasteiger partial charge in [-0.1, -0.05) is 35.5 Å². The third-order valence-corrected chi connectivity index (χ3v) is 4.60. The maximum absolute atomic E-state index is 12.6. The van der Waals surface area contributed by atoms with E-state index in [4.69, 9.17) is 4.52 Å². The summed E-state index contributed by atoms with van der Waals surface area (Å²) in [5, 5.41) is 7.62. The van der Waals surface area contributed by atoms with Crippen LogP contribution in [0.2, 0.25) is 0 Å². The molecule has 1 N–H and O–H groups in total. The highest BCUT2D eigenvalue weighted by atomic mass is 35.5. The Morgan fingerprint density at radius 2 is 1.96 bits per heavy atom. The summed E-state index contributed by atoms with van der Waals surface area (Å²) in [6.45, 7) is 1.55. The summed E-state index contributed by atoms with van der Waals surface area (Å²) in [4.78, 5) is 14.5. The fraction of sp³-hybridized carbons (Fsp3) is 0.412. The molecule has 2 aliphatic rings. The molecule has 2 fully saturated rings. The molecular weight excluding hydrogens is 314 g/mol. The zero-order valence-electron chi connectivity index (χ0n) is 12.8. The number of rotatable bonds is 2. The molecule has 3 heterocycles. The van der Waals surface area contributed by atoms with Gasteiger partial charge < -0.3 is 14.7 Å². The topological polar surface area (TPSA) is 58.4 Å². The van der Waals surface area contributed by atoms with Gasteiger partial charge in [-0.05, 0) is 19.3 Å². The number of hydrogen-bond donors (Lipinski definition) is 1. The number of carbonyl (C=O) groups excluding carboxylic acids is 1. The first-order valence-corrected chi connectivity index (χ1v) is 7.87. The third-order valence-electron chi connectivity index (χ3n) is 4.60. The second-order valence-electron chi connectivity index (χ2n) is 6.12. The average Bonchev–Trinajstić information content (AvgIpc) is 3.14. The smallest absolute Gasteiger partial charge is 0.292 e. The minimum absolute atomic E-state index is 0. The molecule has 2 saturated heterocycles. The Labute approximate surface area is 141 Å². The summed E-state index contributed by atoms with van der Waals surface area (Å²) in [6, 6.07) is 12.5. The van der Waals surface area contributed by atoms with Gasteiger partial charge in [0.15, 0.2) is 0 Å². The van der Waals surface area contributed by atoms with Gasteiger partial charge in [-0.15, -0.1) is 12.4 Å². The van der Waals surface area contributed by atoms with Crippen LogP contribution in [0.15, 0.2) is 40.9 Å². The molecule has 2 aliphatic heterocycles. The van der Waals surface area contributed by atoms with Gasteiger partial charge >= 0.3 is 0 Å². The molecule has 122 valence electrons. The number of benzene rings is 1. The van der Waals surface area contributed by atoms with Crippen molar-refractivity contribution < 1.29 is 9.32 Å². The molecule has 0 spiro atoms. The highest BCUT2D eigenvalue weighted by Crippen LogP contribution is 2.23. The van der Waals surface area contributed by atoms with Crippen LogP contribution in [0.4, 0.5) is 0 Å². The maximum atomic E-state index is 12.6. The fourth-order valence-electron chi connectivity index (χ4n) is 3.40. The van der Waals surface area contributed by atoms with E-state index in [0.717, 1.165) is 31.5 Å². The zero-order valence-corrected chi connectivity index (χ0v) is 13.6. The van der Waals surface area contributed by atoms with Crippen molar-refractivity contribution in [1.82, 2.24) is 15.4 Å². The molecule has 0 radical (unpaired) electrons. The lowest BCUT2D eigenvalue weighted by Crippen LogP contribution is -2.38. The van der Waals surface area contributed by atoms with Crippen LogP contribution in [-0.2, 0) is 0 Å². The number of amides is 1. The number of carbonyl (C=O) groups is 1. The lowest BCUT2D eigenvalue weighted by Gasteiger charge is -2.22. The lowest BCUT2D eigenvalue weighted by molar-refractivity contribution is 0.0706. The summed E-state index contributed by atoms with van der Waals surface area (Å²) >= 11 is 0. The summed E-state index contributed by atoms with van der Waals surface area (Å²) in [5.41, 5.74) is 1.67. The second kappa shape index (κ2) is 6.72. The first-order valence-electron chi connectivity index (χ1n) is 7.87. The summed E-state index contributed by atoms with van der Waals surface area (Å²) in [6.07, 6.45) is 3.40. The molecule has 2 bridgehead atoms. The van der Waals surface area contributed by atoms with E-state index in [0.29, 0.717) is 23.5 Å². The largest absolute Gasteiger partial charge is 0.350 e. The number of nitrogens with zero attached hydrogens (tertiary/aromatic N) is 2. The van der Waals surface area contributed by atoms with Crippen LogP contribution in [-0.4, -0.2) is 41.1 Å². The number of nitrogens with one attached hydrogen (secondary N) is 1. The lowest BCUT2D eigenvalue weighted by atomic mass is 10.1. The minimum atomic E-state index is -0.0518. The van der Waals surface area contributed by atoms with Crippen LogP contribution in [0.1, 0.15) is 29.8 Å². The summed E-state index contributed by atoms with van der Waals surface area (Å²) in [5.74, 6) is 0.278. The predicted octanol–water partition coefficient (Wildman–Crippen LogP) is 2.73. The molecule has 2 unspecified atom stereocenters. The first-order chi connectivity index (χ1) is 10.8. The van der Waals surface area contributed by atoms with Gasteiger partial charge in [0.25, 0.3) is 5.91 Å². The van der Waals surface area contributed by atoms with Crippen LogP contribution >= 0.6 is 12.4 Å². The van der Waals surface area contributed by atoms with Crippen molar-refractivity contribution in [2.45, 2.75) is 31.3 Å². The van der Waals surface area contributed by atoms with Gasteiger partial charge in [0.1, 0.15) is 5.69 Å². The standard InChI is InChI=1S/C17H19N3O2.ClH/c21-17(20-9-8-13-6-7-14(11-20)18-13)16-10-15(19-22-16)12-4-2-1-3-5-12;/h1-5,10,13-14,18H,6-9,11H2;1H. The van der Waals surface area contributed by atoms with Gasteiger partial charge in [0, 0.05) is 36.8 Å². The minimum Gasteiger partial charge on any atom is -0.350 e. The van der Waals surface area contributed by atoms with Gasteiger partial charge in [-0.3, -0.25) is 4.79 Å². The molecule has 1 aromatic carbocycles. The van der Waals surface area contributed by atoms with Crippen LogP contribution in [0.5, 0.6) is 0 Å². The van der Waals surface area contributed by atoms with E-state index in [-0.39, 0.29) is 18.3 Å². The van der Waals surface area contributed by atoms with E-state index >= 15 is 0 Å². The Morgan fingerprint density at radius 3 is 2.78 bits per heavy atom. The van der Waals surface area contributed by atoms with E-state index in [2.05, 4.69) is 10.5 Å². The van der Waals surface area contributed by atoms with Crippen LogP contribution in [0, 0.1) is 0 Å². The molecule has 0 saturated carbocycles. The van der Waals surface area contributed by atoms with Crippen molar-refractivity contribution in [2.24, 2.45) is 0 Å². The fourth-order valence-corrected chi connectivity index (χ4v) is 3.40. The SMILES string of the molecule is Cl.O=C(c1cc(-c2ccccc2)no1)N1CCC2CCC(C1)N2. The molecule has 2 aromatic rings. The second-order valence-corrected chi connectivity index (χ2v) is 6.12. The number of fused-ring (bicyclic) bond motifs is 2. The molecule has 2 atom stereocenters. The molecule has 5 nitrogen and oxygen atoms in total. The van der Waals surface area contributed by atoms with Crippen LogP contribution < -0.4 is 5.32 Å². The van der Waals surface area contributed by atoms with E-state index in [9.17, 15) is 4.79 Å². The number of aromatic nitrogens is 1. The molecule has 0 aliphatic carbocycles. The molecule has 23 heavy (non-hydrogen) atoms. The van der Waals surface area contributed by atoms with Crippen molar-refractivity contribution in [2.75, 3.05) is 13.1 Å². The average molecular weight is 334 g/mol. The Balaban J connectivity index is 0.00000156. The quantitative estimate of drug-likeness (QED) is 0.918. The van der Waals surface area contributed by atoms with Crippen LogP contribution in [0.25, 0.3) is 11.3 Å². The van der Waals surface area contributed by atoms with Gasteiger partial charge in [0.2, 0.25) is 5.76 Å². The molecule has 1 aromatic heterocycles. The molecule has 1 amide bonds. The van der Waals surface area contributed by atoms with Crippen molar-refractivity contribution in [1.29, 1.82) is 0 Å². The zero-order chi connectivity index (χ0) is 14.9. The molecular formula is C17H20ClN3O2. The van der Waals surface area contributed by atoms with E-state index in [1.807, 2.05) is 35.2 Å². The molecule has 4 rings (SSSR count).